The summed E-state index contributed by atoms with van der Waals surface area (Å²) in [5.74, 6) is 0. The van der Waals surface area contributed by atoms with Gasteiger partial charge in [0.1, 0.15) is 0 Å². The minimum Gasteiger partial charge on any atom is -0.382 e. The van der Waals surface area contributed by atoms with Crippen molar-refractivity contribution in [3.8, 4) is 0 Å². The molecule has 0 amide bonds. The van der Waals surface area contributed by atoms with Gasteiger partial charge in [-0.15, -0.1) is 0 Å². The van der Waals surface area contributed by atoms with E-state index < -0.39 is 0 Å². The molecule has 1 atom stereocenters. The van der Waals surface area contributed by atoms with Crippen LogP contribution in [0.5, 0.6) is 0 Å². The topological polar surface area (TPSA) is 30.5 Å². The van der Waals surface area contributed by atoms with E-state index in [1.807, 2.05) is 7.05 Å². The Kier molecular flexibility index (Phi) is 6.51. The third-order valence-corrected chi connectivity index (χ3v) is 4.10. The lowest BCUT2D eigenvalue weighted by atomic mass is 9.99. The van der Waals surface area contributed by atoms with Gasteiger partial charge in [0, 0.05) is 19.8 Å². The molecule has 1 N–H and O–H groups in total. The molecule has 0 fully saturated rings. The summed E-state index contributed by atoms with van der Waals surface area (Å²) in [6.45, 7) is 2.15. The molecule has 1 aromatic rings. The average molecular weight is 277 g/mol. The van der Waals surface area contributed by atoms with E-state index in [1.54, 1.807) is 18.2 Å². The lowest BCUT2D eigenvalue weighted by Gasteiger charge is -2.17. The average Bonchev–Trinajstić information content (AvgIpc) is 2.93. The van der Waals surface area contributed by atoms with Gasteiger partial charge in [-0.05, 0) is 55.8 Å². The molecule has 1 unspecified atom stereocenters. The Morgan fingerprint density at radius 1 is 1.15 bits per heavy atom. The van der Waals surface area contributed by atoms with E-state index in [-0.39, 0.29) is 0 Å². The largest absolute Gasteiger partial charge is 0.382 e. The number of fused-ring (bicyclic) bond motifs is 1. The Balaban J connectivity index is 1.77. The zero-order chi connectivity index (χ0) is 14.2. The second kappa shape index (κ2) is 8.40. The standard InChI is InChI=1S/C17H27NO2/c1-18-17(8-9-20-11-10-19-2)13-14-6-7-15-4-3-5-16(15)12-14/h6-7,12,17-18H,3-5,8-11,13H2,1-2H3. The molecule has 1 aliphatic carbocycles. The number of nitrogens with one attached hydrogen (secondary N) is 1. The first-order valence-electron chi connectivity index (χ1n) is 7.68. The highest BCUT2D eigenvalue weighted by atomic mass is 16.5. The van der Waals surface area contributed by atoms with Crippen LogP contribution in [-0.2, 0) is 28.7 Å². The molecule has 0 spiro atoms. The first kappa shape index (κ1) is 15.5. The van der Waals surface area contributed by atoms with E-state index in [2.05, 4.69) is 23.5 Å². The smallest absolute Gasteiger partial charge is 0.0700 e. The molecule has 1 aromatic carbocycles. The van der Waals surface area contributed by atoms with Crippen LogP contribution in [0.15, 0.2) is 18.2 Å². The highest BCUT2D eigenvalue weighted by Gasteiger charge is 2.13. The van der Waals surface area contributed by atoms with Gasteiger partial charge in [0.05, 0.1) is 13.2 Å². The summed E-state index contributed by atoms with van der Waals surface area (Å²) in [5.41, 5.74) is 4.56. The van der Waals surface area contributed by atoms with Crippen LogP contribution in [0, 0.1) is 0 Å². The maximum Gasteiger partial charge on any atom is 0.0700 e. The Hall–Kier alpha value is -0.900. The first-order chi connectivity index (χ1) is 9.83. The number of rotatable bonds is 9. The predicted molar refractivity (Wildman–Crippen MR) is 82.3 cm³/mol. The van der Waals surface area contributed by atoms with Crippen LogP contribution in [-0.4, -0.2) is 40.0 Å². The highest BCUT2D eigenvalue weighted by molar-refractivity contribution is 5.35. The summed E-state index contributed by atoms with van der Waals surface area (Å²) in [6.07, 6.45) is 5.96. The summed E-state index contributed by atoms with van der Waals surface area (Å²) in [6, 6.07) is 7.50. The van der Waals surface area contributed by atoms with Crippen molar-refractivity contribution in [1.82, 2.24) is 5.32 Å². The van der Waals surface area contributed by atoms with Gasteiger partial charge < -0.3 is 14.8 Å². The number of aryl methyl sites for hydroxylation is 2. The van der Waals surface area contributed by atoms with Crippen molar-refractivity contribution in [1.29, 1.82) is 0 Å². The fourth-order valence-corrected chi connectivity index (χ4v) is 2.86. The van der Waals surface area contributed by atoms with E-state index in [9.17, 15) is 0 Å². The van der Waals surface area contributed by atoms with Crippen LogP contribution < -0.4 is 5.32 Å². The van der Waals surface area contributed by atoms with E-state index >= 15 is 0 Å². The van der Waals surface area contributed by atoms with Crippen LogP contribution in [0.2, 0.25) is 0 Å². The molecule has 0 saturated carbocycles. The van der Waals surface area contributed by atoms with Gasteiger partial charge in [0.25, 0.3) is 0 Å². The minimum atomic E-state index is 0.483. The summed E-state index contributed by atoms with van der Waals surface area (Å²) < 4.78 is 10.5. The normalized spacial score (nSPS) is 15.3. The lowest BCUT2D eigenvalue weighted by molar-refractivity contribution is 0.0661. The molecule has 0 bridgehead atoms. The van der Waals surface area contributed by atoms with Crippen LogP contribution in [0.3, 0.4) is 0 Å². The Labute approximate surface area is 122 Å². The molecule has 3 nitrogen and oxygen atoms in total. The maximum atomic E-state index is 5.55. The van der Waals surface area contributed by atoms with Crippen LogP contribution in [0.4, 0.5) is 0 Å². The molecule has 0 aliphatic heterocycles. The summed E-state index contributed by atoms with van der Waals surface area (Å²) in [4.78, 5) is 0. The lowest BCUT2D eigenvalue weighted by Crippen LogP contribution is -2.29. The minimum absolute atomic E-state index is 0.483. The number of ether oxygens (including phenoxy) is 2. The highest BCUT2D eigenvalue weighted by Crippen LogP contribution is 2.23. The zero-order valence-electron chi connectivity index (χ0n) is 12.8. The van der Waals surface area contributed by atoms with Crippen molar-refractivity contribution in [2.45, 2.75) is 38.1 Å². The van der Waals surface area contributed by atoms with Crippen molar-refractivity contribution in [3.63, 3.8) is 0 Å². The zero-order valence-corrected chi connectivity index (χ0v) is 12.8. The van der Waals surface area contributed by atoms with Gasteiger partial charge in [-0.1, -0.05) is 18.2 Å². The SMILES string of the molecule is CNC(CCOCCOC)Cc1ccc2c(c1)CCC2. The van der Waals surface area contributed by atoms with E-state index in [4.69, 9.17) is 9.47 Å². The van der Waals surface area contributed by atoms with Gasteiger partial charge >= 0.3 is 0 Å². The van der Waals surface area contributed by atoms with Crippen molar-refractivity contribution in [2.75, 3.05) is 34.0 Å². The molecular weight excluding hydrogens is 250 g/mol. The van der Waals surface area contributed by atoms with E-state index in [0.717, 1.165) is 19.4 Å². The monoisotopic (exact) mass is 277 g/mol. The molecule has 0 saturated heterocycles. The summed E-state index contributed by atoms with van der Waals surface area (Å²) in [5, 5.41) is 3.40. The Morgan fingerprint density at radius 2 is 2.00 bits per heavy atom. The summed E-state index contributed by atoms with van der Waals surface area (Å²) in [7, 11) is 3.74. The van der Waals surface area contributed by atoms with Gasteiger partial charge in [0.2, 0.25) is 0 Å². The molecule has 20 heavy (non-hydrogen) atoms. The number of methoxy groups -OCH3 is 1. The number of hydrogen-bond donors (Lipinski definition) is 1. The van der Waals surface area contributed by atoms with E-state index in [0.29, 0.717) is 19.3 Å². The van der Waals surface area contributed by atoms with Crippen molar-refractivity contribution in [3.05, 3.63) is 34.9 Å². The Bertz CT molecular complexity index is 406. The van der Waals surface area contributed by atoms with Gasteiger partial charge in [0.15, 0.2) is 0 Å². The quantitative estimate of drug-likeness (QED) is 0.703. The fraction of sp³-hybridized carbons (Fsp3) is 0.647. The molecule has 112 valence electrons. The third-order valence-electron chi connectivity index (χ3n) is 4.10. The summed E-state index contributed by atoms with van der Waals surface area (Å²) >= 11 is 0. The first-order valence-corrected chi connectivity index (χ1v) is 7.68. The van der Waals surface area contributed by atoms with Gasteiger partial charge in [-0.25, -0.2) is 0 Å². The molecule has 0 aromatic heterocycles. The maximum absolute atomic E-state index is 5.55. The number of benzene rings is 1. The van der Waals surface area contributed by atoms with Crippen LogP contribution in [0.1, 0.15) is 29.5 Å². The van der Waals surface area contributed by atoms with Gasteiger partial charge in [-0.3, -0.25) is 0 Å². The molecular formula is C17H27NO2. The molecule has 0 heterocycles. The fourth-order valence-electron chi connectivity index (χ4n) is 2.86. The molecule has 0 radical (unpaired) electrons. The second-order valence-electron chi connectivity index (χ2n) is 5.54. The molecule has 1 aliphatic rings. The molecule has 3 heteroatoms. The third kappa shape index (κ3) is 4.58. The molecule has 2 rings (SSSR count). The van der Waals surface area contributed by atoms with Crippen LogP contribution in [0.25, 0.3) is 0 Å². The second-order valence-corrected chi connectivity index (χ2v) is 5.54. The van der Waals surface area contributed by atoms with Crippen molar-refractivity contribution in [2.24, 2.45) is 0 Å². The van der Waals surface area contributed by atoms with E-state index in [1.165, 1.54) is 24.8 Å². The number of hydrogen-bond acceptors (Lipinski definition) is 3. The van der Waals surface area contributed by atoms with Crippen molar-refractivity contribution >= 4 is 0 Å². The number of likely N-dealkylation sites (N-methyl/N-ethyl adjacent to an activating group) is 1. The van der Waals surface area contributed by atoms with Crippen LogP contribution >= 0.6 is 0 Å². The Morgan fingerprint density at radius 3 is 2.80 bits per heavy atom. The predicted octanol–water partition coefficient (Wildman–Crippen LogP) is 2.36. The van der Waals surface area contributed by atoms with Gasteiger partial charge in [-0.2, -0.15) is 0 Å². The van der Waals surface area contributed by atoms with Crippen molar-refractivity contribution < 1.29 is 9.47 Å².